The van der Waals surface area contributed by atoms with Gasteiger partial charge in [-0.15, -0.1) is 24.8 Å². The fourth-order valence-electron chi connectivity index (χ4n) is 3.17. The third-order valence-electron chi connectivity index (χ3n) is 4.26. The average Bonchev–Trinajstić information content (AvgIpc) is 2.68. The molecule has 0 saturated carbocycles. The molecule has 5 heteroatoms. The van der Waals surface area contributed by atoms with Gasteiger partial charge in [-0.3, -0.25) is 0 Å². The predicted octanol–water partition coefficient (Wildman–Crippen LogP) is 4.39. The summed E-state index contributed by atoms with van der Waals surface area (Å²) in [6.07, 6.45) is 0.374. The highest BCUT2D eigenvalue weighted by Gasteiger charge is 2.47. The Hall–Kier alpha value is -1.86. The van der Waals surface area contributed by atoms with Gasteiger partial charge in [-0.2, -0.15) is 0 Å². The molecule has 0 saturated heterocycles. The van der Waals surface area contributed by atoms with E-state index < -0.39 is 7.26 Å². The van der Waals surface area contributed by atoms with E-state index in [9.17, 15) is 4.79 Å². The van der Waals surface area contributed by atoms with Crippen LogP contribution in [-0.2, 0) is 9.53 Å². The van der Waals surface area contributed by atoms with E-state index in [-0.39, 0.29) is 30.8 Å². The molecule has 0 bridgehead atoms. The van der Waals surface area contributed by atoms with E-state index in [4.69, 9.17) is 4.74 Å². The zero-order valence-corrected chi connectivity index (χ0v) is 17.7. The van der Waals surface area contributed by atoms with Crippen LogP contribution in [0.1, 0.15) is 6.92 Å². The molecule has 0 unspecified atom stereocenters. The third-order valence-corrected chi connectivity index (χ3v) is 8.53. The van der Waals surface area contributed by atoms with E-state index >= 15 is 0 Å². The molecular weight excluding hydrogens is 398 g/mol. The van der Waals surface area contributed by atoms with E-state index in [0.29, 0.717) is 12.8 Å². The van der Waals surface area contributed by atoms with Gasteiger partial charge in [0.25, 0.3) is 0 Å². The fraction of sp³-hybridized carbons (Fsp3) is 0.136. The van der Waals surface area contributed by atoms with E-state index in [1.165, 1.54) is 15.9 Å². The van der Waals surface area contributed by atoms with Gasteiger partial charge < -0.3 is 4.74 Å². The van der Waals surface area contributed by atoms with E-state index in [2.05, 4.69) is 36.4 Å². The fourth-order valence-corrected chi connectivity index (χ4v) is 7.13. The number of benzene rings is 3. The van der Waals surface area contributed by atoms with Gasteiger partial charge in [0.15, 0.2) is 6.16 Å². The van der Waals surface area contributed by atoms with Gasteiger partial charge in [-0.25, -0.2) is 4.79 Å². The molecule has 0 fully saturated rings. The summed E-state index contributed by atoms with van der Waals surface area (Å²) in [5.41, 5.74) is 0. The van der Waals surface area contributed by atoms with Crippen LogP contribution in [0, 0.1) is 0 Å². The Morgan fingerprint density at radius 1 is 0.704 bits per heavy atom. The topological polar surface area (TPSA) is 26.3 Å². The van der Waals surface area contributed by atoms with Crippen LogP contribution in [0.25, 0.3) is 0 Å². The SMILES string of the molecule is CCOC(=O)C[P+](c1ccccc1)(c1ccccc1)c1ccccc1.Cl.Cl. The second-order valence-corrected chi connectivity index (χ2v) is 9.26. The zero-order chi connectivity index (χ0) is 17.5. The summed E-state index contributed by atoms with van der Waals surface area (Å²) < 4.78 is 5.35. The Morgan fingerprint density at radius 3 is 1.33 bits per heavy atom. The van der Waals surface area contributed by atoms with Crippen LogP contribution in [-0.4, -0.2) is 18.7 Å². The van der Waals surface area contributed by atoms with Gasteiger partial charge in [-0.1, -0.05) is 54.6 Å². The molecule has 3 aromatic rings. The summed E-state index contributed by atoms with van der Waals surface area (Å²) in [6.45, 7) is 2.25. The smallest absolute Gasteiger partial charge is 0.345 e. The minimum atomic E-state index is -2.11. The van der Waals surface area contributed by atoms with Crippen LogP contribution in [0.4, 0.5) is 0 Å². The average molecular weight is 422 g/mol. The maximum Gasteiger partial charge on any atom is 0.345 e. The molecular formula is C22H24Cl2O2P+. The Morgan fingerprint density at radius 2 is 1.04 bits per heavy atom. The van der Waals surface area contributed by atoms with Crippen molar-refractivity contribution in [3.63, 3.8) is 0 Å². The first-order chi connectivity index (χ1) is 12.3. The number of rotatable bonds is 6. The number of hydrogen-bond donors (Lipinski definition) is 0. The highest BCUT2D eigenvalue weighted by molar-refractivity contribution is 7.96. The molecule has 0 N–H and O–H groups in total. The van der Waals surface area contributed by atoms with Crippen molar-refractivity contribution in [1.82, 2.24) is 0 Å². The minimum absolute atomic E-state index is 0. The van der Waals surface area contributed by atoms with Crippen LogP contribution >= 0.6 is 32.1 Å². The first kappa shape index (κ1) is 23.2. The highest BCUT2D eigenvalue weighted by atomic mass is 35.5. The second kappa shape index (κ2) is 11.1. The Bertz CT molecular complexity index is 715. The molecule has 142 valence electrons. The molecule has 0 aliphatic rings. The Balaban J connectivity index is 0.00000182. The number of ether oxygens (including phenoxy) is 1. The largest absolute Gasteiger partial charge is 0.463 e. The third kappa shape index (κ3) is 5.11. The molecule has 27 heavy (non-hydrogen) atoms. The summed E-state index contributed by atoms with van der Waals surface area (Å²) in [7, 11) is -2.11. The van der Waals surface area contributed by atoms with Crippen LogP contribution in [0.15, 0.2) is 91.0 Å². The van der Waals surface area contributed by atoms with Gasteiger partial charge in [0.1, 0.15) is 23.2 Å². The van der Waals surface area contributed by atoms with Crippen LogP contribution < -0.4 is 15.9 Å². The first-order valence-corrected chi connectivity index (χ1v) is 10.5. The Labute approximate surface area is 174 Å². The van der Waals surface area contributed by atoms with Crippen LogP contribution in [0.2, 0.25) is 0 Å². The molecule has 3 aromatic carbocycles. The number of hydrogen-bond acceptors (Lipinski definition) is 2. The summed E-state index contributed by atoms with van der Waals surface area (Å²) >= 11 is 0. The summed E-state index contributed by atoms with van der Waals surface area (Å²) in [4.78, 5) is 12.6. The number of carbonyl (C=O) groups excluding carboxylic acids is 1. The van der Waals surface area contributed by atoms with Crippen molar-refractivity contribution in [2.75, 3.05) is 12.8 Å². The Kier molecular flexibility index (Phi) is 9.52. The van der Waals surface area contributed by atoms with Gasteiger partial charge in [-0.05, 0) is 43.3 Å². The molecule has 0 aromatic heterocycles. The number of carbonyl (C=O) groups is 1. The van der Waals surface area contributed by atoms with E-state index in [1.54, 1.807) is 0 Å². The quantitative estimate of drug-likeness (QED) is 0.435. The molecule has 0 aliphatic heterocycles. The van der Waals surface area contributed by atoms with Gasteiger partial charge in [0.2, 0.25) is 0 Å². The standard InChI is InChI=1S/C22H22O2P.2ClH/c1-2-24-22(23)18-25(19-12-6-3-7-13-19,20-14-8-4-9-15-20)21-16-10-5-11-17-21;;/h3-17H,2,18H2,1H3;2*1H/q+1;;. The predicted molar refractivity (Wildman–Crippen MR) is 121 cm³/mol. The summed E-state index contributed by atoms with van der Waals surface area (Å²) in [5, 5.41) is 3.58. The van der Waals surface area contributed by atoms with Gasteiger partial charge in [0.05, 0.1) is 6.61 Å². The molecule has 3 rings (SSSR count). The first-order valence-electron chi connectivity index (χ1n) is 8.48. The number of esters is 1. The van der Waals surface area contributed by atoms with Gasteiger partial charge in [0, 0.05) is 0 Å². The molecule has 0 radical (unpaired) electrons. The van der Waals surface area contributed by atoms with Crippen molar-refractivity contribution in [3.05, 3.63) is 91.0 Å². The molecule has 0 amide bonds. The molecule has 0 aliphatic carbocycles. The van der Waals surface area contributed by atoms with Crippen molar-refractivity contribution < 1.29 is 9.53 Å². The highest BCUT2D eigenvalue weighted by Crippen LogP contribution is 2.55. The lowest BCUT2D eigenvalue weighted by Gasteiger charge is -2.26. The normalized spacial score (nSPS) is 10.3. The molecule has 0 spiro atoms. The van der Waals surface area contributed by atoms with E-state index in [1.807, 2.05) is 61.5 Å². The van der Waals surface area contributed by atoms with Crippen LogP contribution in [0.3, 0.4) is 0 Å². The molecule has 0 atom stereocenters. The van der Waals surface area contributed by atoms with Crippen LogP contribution in [0.5, 0.6) is 0 Å². The lowest BCUT2D eigenvalue weighted by atomic mass is 10.4. The zero-order valence-electron chi connectivity index (χ0n) is 15.2. The van der Waals surface area contributed by atoms with Crippen molar-refractivity contribution in [2.45, 2.75) is 6.92 Å². The lowest BCUT2D eigenvalue weighted by Crippen LogP contribution is -2.36. The molecule has 0 heterocycles. The maximum atomic E-state index is 12.6. The van der Waals surface area contributed by atoms with Gasteiger partial charge >= 0.3 is 5.97 Å². The van der Waals surface area contributed by atoms with Crippen molar-refractivity contribution in [2.24, 2.45) is 0 Å². The van der Waals surface area contributed by atoms with E-state index in [0.717, 1.165) is 0 Å². The molecule has 2 nitrogen and oxygen atoms in total. The van der Waals surface area contributed by atoms with Crippen molar-refractivity contribution >= 4 is 54.0 Å². The van der Waals surface area contributed by atoms with Crippen molar-refractivity contribution in [3.8, 4) is 0 Å². The monoisotopic (exact) mass is 421 g/mol. The summed E-state index contributed by atoms with van der Waals surface area (Å²) in [6, 6.07) is 31.1. The number of halogens is 2. The van der Waals surface area contributed by atoms with Crippen molar-refractivity contribution in [1.29, 1.82) is 0 Å². The second-order valence-electron chi connectivity index (χ2n) is 5.78. The summed E-state index contributed by atoms with van der Waals surface area (Å²) in [5.74, 6) is -0.146. The maximum absolute atomic E-state index is 12.6. The minimum Gasteiger partial charge on any atom is -0.463 e. The lowest BCUT2D eigenvalue weighted by molar-refractivity contribution is -0.139.